The molecule has 1 fully saturated rings. The molecule has 0 bridgehead atoms. The van der Waals surface area contributed by atoms with Gasteiger partial charge in [0.15, 0.2) is 0 Å². The second-order valence-corrected chi connectivity index (χ2v) is 12.9. The number of carbonyl (C=O) groups is 8. The van der Waals surface area contributed by atoms with Crippen LogP contribution in [0.1, 0.15) is 78.1 Å². The molecule has 0 radical (unpaired) electrons. The average molecular weight is 775 g/mol. The SMILES string of the molecule is CC(=O)NCCOCCOCCOCCC(=O)NCC1CCC(C(=O)N[C@@H](C)C(=O)NCCCC[C@H](NC(=O)N[C@@H](CCC(=O)O)C(=O)O)C(=O)O)CC1. The second-order valence-electron chi connectivity index (χ2n) is 12.9. The summed E-state index contributed by atoms with van der Waals surface area (Å²) in [5, 5.41) is 42.5. The maximum atomic E-state index is 12.8. The van der Waals surface area contributed by atoms with Gasteiger partial charge in [-0.2, -0.15) is 0 Å². The quantitative estimate of drug-likeness (QED) is 0.0427. The minimum Gasteiger partial charge on any atom is -0.481 e. The maximum Gasteiger partial charge on any atom is 0.326 e. The first-order chi connectivity index (χ1) is 25.7. The summed E-state index contributed by atoms with van der Waals surface area (Å²) in [6, 6.07) is -4.72. The Labute approximate surface area is 314 Å². The lowest BCUT2D eigenvalue weighted by Crippen LogP contribution is -2.51. The van der Waals surface area contributed by atoms with E-state index < -0.39 is 54.4 Å². The van der Waals surface area contributed by atoms with E-state index in [-0.39, 0.29) is 68.4 Å². The van der Waals surface area contributed by atoms with Gasteiger partial charge in [-0.05, 0) is 64.2 Å². The summed E-state index contributed by atoms with van der Waals surface area (Å²) in [4.78, 5) is 93.9. The molecule has 308 valence electrons. The number of aliphatic carboxylic acids is 3. The molecule has 54 heavy (non-hydrogen) atoms. The zero-order chi connectivity index (χ0) is 40.3. The van der Waals surface area contributed by atoms with Crippen molar-refractivity contribution in [3.05, 3.63) is 0 Å². The fraction of sp³-hybridized carbons (Fsp3) is 0.765. The fourth-order valence-electron chi connectivity index (χ4n) is 5.36. The van der Waals surface area contributed by atoms with Crippen LogP contribution in [0.4, 0.5) is 4.79 Å². The van der Waals surface area contributed by atoms with Crippen molar-refractivity contribution in [3.8, 4) is 0 Å². The van der Waals surface area contributed by atoms with E-state index in [0.717, 1.165) is 12.8 Å². The molecule has 6 amide bonds. The van der Waals surface area contributed by atoms with Crippen molar-refractivity contribution in [1.29, 1.82) is 0 Å². The summed E-state index contributed by atoms with van der Waals surface area (Å²) in [7, 11) is 0. The molecule has 1 saturated carbocycles. The number of amides is 6. The Hall–Kier alpha value is -4.56. The molecule has 20 nitrogen and oxygen atoms in total. The van der Waals surface area contributed by atoms with E-state index in [0.29, 0.717) is 65.4 Å². The highest BCUT2D eigenvalue weighted by atomic mass is 16.5. The van der Waals surface area contributed by atoms with Gasteiger partial charge in [-0.15, -0.1) is 0 Å². The van der Waals surface area contributed by atoms with Crippen molar-refractivity contribution >= 4 is 47.6 Å². The van der Waals surface area contributed by atoms with Gasteiger partial charge in [0.05, 0.1) is 39.6 Å². The van der Waals surface area contributed by atoms with Crippen LogP contribution in [0.15, 0.2) is 0 Å². The first-order valence-corrected chi connectivity index (χ1v) is 18.3. The molecule has 0 unspecified atom stereocenters. The Balaban J connectivity index is 2.18. The average Bonchev–Trinajstić information content (AvgIpc) is 3.11. The van der Waals surface area contributed by atoms with E-state index >= 15 is 0 Å². The van der Waals surface area contributed by atoms with Crippen molar-refractivity contribution < 1.29 is 67.9 Å². The number of carboxylic acids is 3. The van der Waals surface area contributed by atoms with E-state index in [1.54, 1.807) is 6.92 Å². The number of hydrogen-bond donors (Lipinski definition) is 9. The number of hydrogen-bond acceptors (Lipinski definition) is 11. The summed E-state index contributed by atoms with van der Waals surface area (Å²) in [6.45, 7) is 6.35. The van der Waals surface area contributed by atoms with E-state index in [4.69, 9.17) is 24.4 Å². The highest BCUT2D eigenvalue weighted by molar-refractivity contribution is 5.88. The molecular formula is C34H58N6O14. The highest BCUT2D eigenvalue weighted by Gasteiger charge is 2.29. The molecule has 0 aliphatic heterocycles. The summed E-state index contributed by atoms with van der Waals surface area (Å²) >= 11 is 0. The van der Waals surface area contributed by atoms with Crippen LogP contribution >= 0.6 is 0 Å². The third kappa shape index (κ3) is 23.2. The van der Waals surface area contributed by atoms with Crippen molar-refractivity contribution in [1.82, 2.24) is 31.9 Å². The Morgan fingerprint density at radius 2 is 1.22 bits per heavy atom. The van der Waals surface area contributed by atoms with E-state index in [1.807, 2.05) is 0 Å². The zero-order valence-electron chi connectivity index (χ0n) is 31.2. The summed E-state index contributed by atoms with van der Waals surface area (Å²) in [5.41, 5.74) is 0. The smallest absolute Gasteiger partial charge is 0.326 e. The Morgan fingerprint density at radius 1 is 0.648 bits per heavy atom. The standard InChI is InChI=1S/C34H58N6O14/c1-22(30(45)36-13-4-3-5-26(32(47)48)39-34(51)40-27(33(49)50)10-11-29(43)44)38-31(46)25-8-6-24(7-9-25)21-37-28(42)12-15-52-17-19-54-20-18-53-16-14-35-23(2)41/h22,24-27H,3-21H2,1-2H3,(H,35,41)(H,36,45)(H,37,42)(H,38,46)(H,43,44)(H,47,48)(H,49,50)(H2,39,40,51)/t22-,24?,25?,26-,27-/m0/s1. The Kier molecular flexibility index (Phi) is 24.6. The molecule has 0 saturated heterocycles. The number of unbranched alkanes of at least 4 members (excludes halogenated alkanes) is 1. The van der Waals surface area contributed by atoms with Crippen LogP contribution in [0, 0.1) is 11.8 Å². The maximum absolute atomic E-state index is 12.8. The van der Waals surface area contributed by atoms with Crippen LogP contribution in [-0.4, -0.2) is 140 Å². The molecule has 0 aromatic carbocycles. The topological polar surface area (TPSA) is 297 Å². The largest absolute Gasteiger partial charge is 0.481 e. The first kappa shape index (κ1) is 47.5. The fourth-order valence-corrected chi connectivity index (χ4v) is 5.36. The minimum atomic E-state index is -1.51. The zero-order valence-corrected chi connectivity index (χ0v) is 31.2. The first-order valence-electron chi connectivity index (χ1n) is 18.3. The summed E-state index contributed by atoms with van der Waals surface area (Å²) in [6.07, 6.45) is 2.72. The molecule has 9 N–H and O–H groups in total. The van der Waals surface area contributed by atoms with Crippen molar-refractivity contribution in [3.63, 3.8) is 0 Å². The second kappa shape index (κ2) is 28.0. The number of carbonyl (C=O) groups excluding carboxylic acids is 5. The molecule has 1 rings (SSSR count). The van der Waals surface area contributed by atoms with Gasteiger partial charge in [0.2, 0.25) is 23.6 Å². The predicted octanol–water partition coefficient (Wildman–Crippen LogP) is -0.653. The molecule has 1 aliphatic rings. The van der Waals surface area contributed by atoms with E-state index in [9.17, 15) is 43.5 Å². The van der Waals surface area contributed by atoms with Crippen molar-refractivity contribution in [2.24, 2.45) is 11.8 Å². The van der Waals surface area contributed by atoms with Gasteiger partial charge < -0.3 is 61.4 Å². The minimum absolute atomic E-state index is 0.0169. The van der Waals surface area contributed by atoms with Crippen LogP contribution in [0.3, 0.4) is 0 Å². The van der Waals surface area contributed by atoms with Crippen LogP contribution < -0.4 is 31.9 Å². The number of urea groups is 1. The van der Waals surface area contributed by atoms with Crippen LogP contribution in [0.25, 0.3) is 0 Å². The molecule has 3 atom stereocenters. The lowest BCUT2D eigenvalue weighted by atomic mass is 9.81. The molecule has 0 aromatic heterocycles. The van der Waals surface area contributed by atoms with E-state index in [2.05, 4.69) is 31.9 Å². The van der Waals surface area contributed by atoms with Gasteiger partial charge in [-0.1, -0.05) is 0 Å². The predicted molar refractivity (Wildman–Crippen MR) is 190 cm³/mol. The number of carboxylic acid groups (broad SMARTS) is 3. The van der Waals surface area contributed by atoms with Gasteiger partial charge in [0.25, 0.3) is 0 Å². The van der Waals surface area contributed by atoms with Gasteiger partial charge in [-0.25, -0.2) is 14.4 Å². The third-order valence-electron chi connectivity index (χ3n) is 8.47. The molecule has 0 heterocycles. The van der Waals surface area contributed by atoms with Crippen molar-refractivity contribution in [2.45, 2.75) is 96.2 Å². The van der Waals surface area contributed by atoms with Gasteiger partial charge >= 0.3 is 23.9 Å². The highest BCUT2D eigenvalue weighted by Crippen LogP contribution is 2.28. The lowest BCUT2D eigenvalue weighted by molar-refractivity contribution is -0.141. The Morgan fingerprint density at radius 3 is 1.80 bits per heavy atom. The Bertz CT molecular complexity index is 1210. The summed E-state index contributed by atoms with van der Waals surface area (Å²) in [5.74, 6) is -4.93. The van der Waals surface area contributed by atoms with Crippen LogP contribution in [-0.2, 0) is 47.8 Å². The molecule has 0 spiro atoms. The summed E-state index contributed by atoms with van der Waals surface area (Å²) < 4.78 is 16.1. The normalized spacial score (nSPS) is 16.9. The van der Waals surface area contributed by atoms with Gasteiger partial charge in [0, 0.05) is 45.3 Å². The van der Waals surface area contributed by atoms with Gasteiger partial charge in [-0.3, -0.25) is 24.0 Å². The molecule has 20 heteroatoms. The number of ether oxygens (including phenoxy) is 3. The number of nitrogens with one attached hydrogen (secondary N) is 6. The number of rotatable bonds is 29. The van der Waals surface area contributed by atoms with E-state index in [1.165, 1.54) is 6.92 Å². The van der Waals surface area contributed by atoms with Crippen molar-refractivity contribution in [2.75, 3.05) is 59.3 Å². The molecule has 0 aromatic rings. The monoisotopic (exact) mass is 774 g/mol. The molecular weight excluding hydrogens is 716 g/mol. The molecule has 1 aliphatic carbocycles. The van der Waals surface area contributed by atoms with Crippen LogP contribution in [0.5, 0.6) is 0 Å². The third-order valence-corrected chi connectivity index (χ3v) is 8.47. The lowest BCUT2D eigenvalue weighted by Gasteiger charge is -2.28. The van der Waals surface area contributed by atoms with Crippen LogP contribution in [0.2, 0.25) is 0 Å². The van der Waals surface area contributed by atoms with Gasteiger partial charge in [0.1, 0.15) is 18.1 Å².